The molecule has 0 aliphatic carbocycles. The molecule has 0 aromatic carbocycles. The summed E-state index contributed by atoms with van der Waals surface area (Å²) in [5.74, 6) is 0. The van der Waals surface area contributed by atoms with Gasteiger partial charge in [-0.3, -0.25) is 0 Å². The summed E-state index contributed by atoms with van der Waals surface area (Å²) in [7, 11) is -2.28. The standard InChI is InChI=1S/C4H8OP.C4H9P.HO3P/c5-6-3-1-2-4-6;1-2-4-5-3-1;1-4(2)3/h1-4H2;5H,1-4H2;(H-,1,2,3)/q+1;;/p+1. The Balaban J connectivity index is 0.000000202. The van der Waals surface area contributed by atoms with E-state index < -0.39 is 16.1 Å². The molecule has 2 heterocycles. The molecule has 2 fully saturated rings. The van der Waals surface area contributed by atoms with Crippen LogP contribution in [0.4, 0.5) is 0 Å². The molecule has 0 spiro atoms. The van der Waals surface area contributed by atoms with E-state index in [0.29, 0.717) is 0 Å². The van der Waals surface area contributed by atoms with Crippen molar-refractivity contribution >= 4 is 24.6 Å². The largest absolute Gasteiger partial charge is 0.692 e. The van der Waals surface area contributed by atoms with Crippen LogP contribution in [0.2, 0.25) is 0 Å². The molecule has 2 N–H and O–H groups in total. The molecule has 0 atom stereocenters. The highest BCUT2D eigenvalue weighted by molar-refractivity contribution is 7.45. The molecule has 0 aromatic heterocycles. The van der Waals surface area contributed by atoms with Crippen LogP contribution in [0.25, 0.3) is 0 Å². The number of hydrogen-bond donors (Lipinski definition) is 2. The smallest absolute Gasteiger partial charge is 0.134 e. The predicted molar refractivity (Wildman–Crippen MR) is 65.9 cm³/mol. The lowest BCUT2D eigenvalue weighted by molar-refractivity contribution is 0.405. The third-order valence-electron chi connectivity index (χ3n) is 2.02. The quantitative estimate of drug-likeness (QED) is 0.665. The third-order valence-corrected chi connectivity index (χ3v) is 5.07. The van der Waals surface area contributed by atoms with Gasteiger partial charge in [0.05, 0.1) is 0 Å². The van der Waals surface area contributed by atoms with E-state index >= 15 is 0 Å². The normalized spacial score (nSPS) is 18.7. The van der Waals surface area contributed by atoms with Crippen molar-refractivity contribution < 1.29 is 18.9 Å². The zero-order valence-corrected chi connectivity index (χ0v) is 11.6. The van der Waals surface area contributed by atoms with Gasteiger partial charge in [-0.1, -0.05) is 4.57 Å². The molecule has 2 saturated heterocycles. The van der Waals surface area contributed by atoms with Crippen molar-refractivity contribution in [3.63, 3.8) is 0 Å². The van der Waals surface area contributed by atoms with E-state index in [1.807, 2.05) is 0 Å². The maximum absolute atomic E-state index is 10.4. The molecular formula is C8H19O4P3+2. The van der Waals surface area contributed by atoms with Crippen LogP contribution in [0.5, 0.6) is 0 Å². The lowest BCUT2D eigenvalue weighted by atomic mass is 10.4. The van der Waals surface area contributed by atoms with Gasteiger partial charge >= 0.3 is 16.1 Å². The van der Waals surface area contributed by atoms with Gasteiger partial charge in [-0.2, -0.15) is 0 Å². The molecule has 88 valence electrons. The minimum absolute atomic E-state index is 0.715. The Morgan fingerprint density at radius 2 is 1.40 bits per heavy atom. The lowest BCUT2D eigenvalue weighted by Crippen LogP contribution is -1.58. The van der Waals surface area contributed by atoms with Crippen LogP contribution < -0.4 is 0 Å². The monoisotopic (exact) mass is 272 g/mol. The van der Waals surface area contributed by atoms with Crippen LogP contribution in [0.15, 0.2) is 0 Å². The van der Waals surface area contributed by atoms with Gasteiger partial charge in [0.25, 0.3) is 0 Å². The zero-order chi connectivity index (χ0) is 11.5. The molecule has 2 aliphatic rings. The molecule has 15 heavy (non-hydrogen) atoms. The molecule has 7 heteroatoms. The summed E-state index contributed by atoms with van der Waals surface area (Å²) >= 11 is 0. The molecule has 2 aliphatic heterocycles. The van der Waals surface area contributed by atoms with Gasteiger partial charge in [-0.15, -0.1) is 18.4 Å². The Hall–Kier alpha value is 0.550. The zero-order valence-electron chi connectivity index (χ0n) is 8.76. The molecule has 0 amide bonds. The van der Waals surface area contributed by atoms with Crippen molar-refractivity contribution in [3.8, 4) is 0 Å². The van der Waals surface area contributed by atoms with Crippen molar-refractivity contribution in [2.24, 2.45) is 0 Å². The van der Waals surface area contributed by atoms with Crippen molar-refractivity contribution in [3.05, 3.63) is 0 Å². The second-order valence-electron chi connectivity index (χ2n) is 3.35. The van der Waals surface area contributed by atoms with Gasteiger partial charge in [0.1, 0.15) is 12.3 Å². The highest BCUT2D eigenvalue weighted by Crippen LogP contribution is 2.30. The SMILES string of the molecule is C1CCPC1.O=[P+](O)O.O=[P+]1CCCC1. The second-order valence-corrected chi connectivity index (χ2v) is 7.21. The van der Waals surface area contributed by atoms with Crippen molar-refractivity contribution in [2.75, 3.05) is 24.6 Å². The third kappa shape index (κ3) is 14.6. The lowest BCUT2D eigenvalue weighted by Gasteiger charge is -1.69. The molecule has 4 nitrogen and oxygen atoms in total. The highest BCUT2D eigenvalue weighted by Gasteiger charge is 2.20. The molecule has 0 aromatic rings. The maximum atomic E-state index is 10.4. The van der Waals surface area contributed by atoms with Gasteiger partial charge < -0.3 is 0 Å². The number of hydrogen-bond acceptors (Lipinski definition) is 2. The van der Waals surface area contributed by atoms with Crippen molar-refractivity contribution in [2.45, 2.75) is 25.7 Å². The molecule has 0 unspecified atom stereocenters. The summed E-state index contributed by atoms with van der Waals surface area (Å²) in [5, 5.41) is 0. The average molecular weight is 272 g/mol. The topological polar surface area (TPSA) is 74.6 Å². The van der Waals surface area contributed by atoms with E-state index in [-0.39, 0.29) is 0 Å². The fraction of sp³-hybridized carbons (Fsp3) is 1.00. The molecule has 2 rings (SSSR count). The minimum Gasteiger partial charge on any atom is -0.134 e. The van der Waals surface area contributed by atoms with Crippen molar-refractivity contribution in [1.29, 1.82) is 0 Å². The summed E-state index contributed by atoms with van der Waals surface area (Å²) in [6.45, 7) is 0. The van der Waals surface area contributed by atoms with Gasteiger partial charge in [-0.25, -0.2) is 0 Å². The van der Waals surface area contributed by atoms with Gasteiger partial charge in [0.2, 0.25) is 0 Å². The molecule has 0 radical (unpaired) electrons. The summed E-state index contributed by atoms with van der Waals surface area (Å²) in [4.78, 5) is 14.2. The predicted octanol–water partition coefficient (Wildman–Crippen LogP) is 2.69. The Bertz CT molecular complexity index is 175. The van der Waals surface area contributed by atoms with Crippen LogP contribution in [0, 0.1) is 0 Å². The minimum atomic E-state index is -2.87. The Morgan fingerprint density at radius 1 is 1.00 bits per heavy atom. The van der Waals surface area contributed by atoms with E-state index in [4.69, 9.17) is 14.4 Å². The number of rotatable bonds is 0. The van der Waals surface area contributed by atoms with Crippen LogP contribution in [0.1, 0.15) is 25.7 Å². The summed E-state index contributed by atoms with van der Waals surface area (Å²) in [6.07, 6.45) is 10.5. The summed E-state index contributed by atoms with van der Waals surface area (Å²) in [6, 6.07) is 0. The van der Waals surface area contributed by atoms with E-state index in [0.717, 1.165) is 12.3 Å². The van der Waals surface area contributed by atoms with Crippen LogP contribution in [0.3, 0.4) is 0 Å². The first-order valence-electron chi connectivity index (χ1n) is 5.10. The van der Waals surface area contributed by atoms with E-state index in [9.17, 15) is 4.57 Å². The van der Waals surface area contributed by atoms with E-state index in [1.165, 1.54) is 46.6 Å². The fourth-order valence-electron chi connectivity index (χ4n) is 1.31. The van der Waals surface area contributed by atoms with Crippen LogP contribution >= 0.6 is 24.6 Å². The average Bonchev–Trinajstić information content (AvgIpc) is 2.75. The first-order chi connectivity index (χ1) is 7.13. The molecule has 0 bridgehead atoms. The van der Waals surface area contributed by atoms with Gasteiger partial charge in [-0.05, 0) is 38.0 Å². The van der Waals surface area contributed by atoms with E-state index in [2.05, 4.69) is 0 Å². The highest BCUT2D eigenvalue weighted by atomic mass is 31.1. The maximum Gasteiger partial charge on any atom is 0.692 e. The molecule has 0 saturated carbocycles. The van der Waals surface area contributed by atoms with Crippen molar-refractivity contribution in [1.82, 2.24) is 0 Å². The second kappa shape index (κ2) is 11.0. The fourth-order valence-corrected chi connectivity index (χ4v) is 3.94. The van der Waals surface area contributed by atoms with Crippen LogP contribution in [-0.4, -0.2) is 34.4 Å². The first-order valence-corrected chi connectivity index (χ1v) is 9.31. The van der Waals surface area contributed by atoms with Gasteiger partial charge in [0, 0.05) is 4.57 Å². The first kappa shape index (κ1) is 15.6. The van der Waals surface area contributed by atoms with E-state index in [1.54, 1.807) is 0 Å². The Morgan fingerprint density at radius 3 is 1.53 bits per heavy atom. The summed E-state index contributed by atoms with van der Waals surface area (Å²) < 4.78 is 19.1. The van der Waals surface area contributed by atoms with Gasteiger partial charge in [0.15, 0.2) is 0 Å². The Labute approximate surface area is 94.4 Å². The Kier molecular flexibility index (Phi) is 11.5. The van der Waals surface area contributed by atoms with Crippen LogP contribution in [-0.2, 0) is 9.13 Å². The molecular weight excluding hydrogens is 253 g/mol. The summed E-state index contributed by atoms with van der Waals surface area (Å²) in [5.41, 5.74) is 0.